The average Bonchev–Trinajstić information content (AvgIpc) is 2.91. The molecule has 124 valence electrons. The summed E-state index contributed by atoms with van der Waals surface area (Å²) in [6.07, 6.45) is 1.00. The molecule has 0 atom stereocenters. The number of aliphatic hydroxyl groups is 2. The molecule has 0 aliphatic carbocycles. The number of benzene rings is 1. The lowest BCUT2D eigenvalue weighted by atomic mass is 9.93. The Bertz CT molecular complexity index is 732. The number of rotatable bonds is 3. The third kappa shape index (κ3) is 2.77. The monoisotopic (exact) mass is 319 g/mol. The molecule has 7 nitrogen and oxygen atoms in total. The topological polar surface area (TPSA) is 87.8 Å². The van der Waals surface area contributed by atoms with E-state index in [1.807, 2.05) is 17.7 Å². The molecule has 1 aromatic heterocycles. The Hall–Kier alpha value is -2.12. The molecule has 1 saturated heterocycles. The maximum atomic E-state index is 11.6. The van der Waals surface area contributed by atoms with Crippen LogP contribution in [0.5, 0.6) is 0 Å². The fourth-order valence-electron chi connectivity index (χ4n) is 3.00. The summed E-state index contributed by atoms with van der Waals surface area (Å²) in [5, 5.41) is 19.4. The molecule has 2 heterocycles. The number of hydrogen-bond donors (Lipinski definition) is 2. The summed E-state index contributed by atoms with van der Waals surface area (Å²) in [5.74, 6) is 0.409. The van der Waals surface area contributed by atoms with Crippen LogP contribution in [0.4, 0.5) is 5.95 Å². The third-order valence-electron chi connectivity index (χ3n) is 4.55. The lowest BCUT2D eigenvalue weighted by Gasteiger charge is -2.37. The van der Waals surface area contributed by atoms with Gasteiger partial charge in [0, 0.05) is 20.1 Å². The first-order valence-corrected chi connectivity index (χ1v) is 7.60. The molecule has 0 bridgehead atoms. The van der Waals surface area contributed by atoms with E-state index in [0.717, 1.165) is 17.0 Å². The minimum absolute atomic E-state index is 0.216. The Kier molecular flexibility index (Phi) is 3.99. The van der Waals surface area contributed by atoms with E-state index in [4.69, 9.17) is 4.74 Å². The van der Waals surface area contributed by atoms with Gasteiger partial charge < -0.3 is 24.4 Å². The Morgan fingerprint density at radius 2 is 2.09 bits per heavy atom. The summed E-state index contributed by atoms with van der Waals surface area (Å²) in [5.41, 5.74) is 1.14. The molecule has 0 amide bonds. The molecule has 1 aromatic carbocycles. The highest BCUT2D eigenvalue weighted by molar-refractivity contribution is 5.94. The number of imidazole rings is 1. The summed E-state index contributed by atoms with van der Waals surface area (Å²) in [7, 11) is 3.28. The SMILES string of the molecule is COC(=O)c1ccc2c(c1)nc(N1CCC(O)(CO)CC1)n2C. The van der Waals surface area contributed by atoms with Crippen molar-refractivity contribution in [1.82, 2.24) is 9.55 Å². The Morgan fingerprint density at radius 3 is 2.70 bits per heavy atom. The van der Waals surface area contributed by atoms with Crippen molar-refractivity contribution in [2.75, 3.05) is 31.7 Å². The molecule has 7 heteroatoms. The van der Waals surface area contributed by atoms with Crippen molar-refractivity contribution in [3.05, 3.63) is 23.8 Å². The smallest absolute Gasteiger partial charge is 0.337 e. The van der Waals surface area contributed by atoms with Crippen LogP contribution >= 0.6 is 0 Å². The van der Waals surface area contributed by atoms with Gasteiger partial charge in [0.05, 0.1) is 35.9 Å². The number of methoxy groups -OCH3 is 1. The molecule has 0 spiro atoms. The summed E-state index contributed by atoms with van der Waals surface area (Å²) in [6.45, 7) is 1.03. The van der Waals surface area contributed by atoms with Crippen molar-refractivity contribution in [3.63, 3.8) is 0 Å². The first kappa shape index (κ1) is 15.8. The number of ether oxygens (including phenoxy) is 1. The standard InChI is InChI=1S/C16H21N3O4/c1-18-13-4-3-11(14(21)23-2)9-12(13)17-15(18)19-7-5-16(22,10-20)6-8-19/h3-4,9,20,22H,5-8,10H2,1-2H3. The van der Waals surface area contributed by atoms with Crippen LogP contribution in [0.25, 0.3) is 11.0 Å². The molecular weight excluding hydrogens is 298 g/mol. The highest BCUT2D eigenvalue weighted by Gasteiger charge is 2.33. The molecule has 0 saturated carbocycles. The van der Waals surface area contributed by atoms with Gasteiger partial charge in [-0.1, -0.05) is 0 Å². The average molecular weight is 319 g/mol. The van der Waals surface area contributed by atoms with Crippen molar-refractivity contribution in [2.45, 2.75) is 18.4 Å². The van der Waals surface area contributed by atoms with Crippen LogP contribution in [0, 0.1) is 0 Å². The number of fused-ring (bicyclic) bond motifs is 1. The van der Waals surface area contributed by atoms with Gasteiger partial charge in [0.25, 0.3) is 0 Å². The van der Waals surface area contributed by atoms with Gasteiger partial charge in [0.1, 0.15) is 0 Å². The summed E-state index contributed by atoms with van der Waals surface area (Å²) in [6, 6.07) is 5.30. The fourth-order valence-corrected chi connectivity index (χ4v) is 3.00. The van der Waals surface area contributed by atoms with E-state index in [0.29, 0.717) is 31.5 Å². The van der Waals surface area contributed by atoms with Gasteiger partial charge in [-0.25, -0.2) is 9.78 Å². The van der Waals surface area contributed by atoms with Gasteiger partial charge in [-0.05, 0) is 31.0 Å². The van der Waals surface area contributed by atoms with Gasteiger partial charge in [0.2, 0.25) is 5.95 Å². The first-order valence-electron chi connectivity index (χ1n) is 7.60. The van der Waals surface area contributed by atoms with Crippen LogP contribution in [0.1, 0.15) is 23.2 Å². The maximum Gasteiger partial charge on any atom is 0.337 e. The van der Waals surface area contributed by atoms with Crippen molar-refractivity contribution < 1.29 is 19.7 Å². The molecule has 2 N–H and O–H groups in total. The summed E-state index contributed by atoms with van der Waals surface area (Å²) >= 11 is 0. The molecule has 1 aliphatic heterocycles. The number of carbonyl (C=O) groups is 1. The number of aryl methyl sites for hydroxylation is 1. The van der Waals surface area contributed by atoms with Crippen molar-refractivity contribution in [1.29, 1.82) is 0 Å². The van der Waals surface area contributed by atoms with E-state index in [1.54, 1.807) is 12.1 Å². The maximum absolute atomic E-state index is 11.6. The van der Waals surface area contributed by atoms with Crippen LogP contribution in [0.3, 0.4) is 0 Å². The highest BCUT2D eigenvalue weighted by atomic mass is 16.5. The van der Waals surface area contributed by atoms with E-state index < -0.39 is 5.60 Å². The fraction of sp³-hybridized carbons (Fsp3) is 0.500. The second-order valence-electron chi connectivity index (χ2n) is 6.04. The molecule has 0 radical (unpaired) electrons. The zero-order chi connectivity index (χ0) is 16.6. The Morgan fingerprint density at radius 1 is 1.39 bits per heavy atom. The largest absolute Gasteiger partial charge is 0.465 e. The Balaban J connectivity index is 1.90. The molecule has 1 fully saturated rings. The minimum Gasteiger partial charge on any atom is -0.465 e. The second-order valence-corrected chi connectivity index (χ2v) is 6.04. The van der Waals surface area contributed by atoms with Gasteiger partial charge in [-0.3, -0.25) is 0 Å². The predicted octanol–water partition coefficient (Wildman–Crippen LogP) is 0.683. The van der Waals surface area contributed by atoms with Crippen LogP contribution in [-0.4, -0.2) is 58.1 Å². The van der Waals surface area contributed by atoms with Crippen LogP contribution < -0.4 is 4.90 Å². The van der Waals surface area contributed by atoms with Crippen molar-refractivity contribution in [2.24, 2.45) is 7.05 Å². The number of anilines is 1. The molecular formula is C16H21N3O4. The normalized spacial score (nSPS) is 17.5. The Labute approximate surface area is 134 Å². The van der Waals surface area contributed by atoms with E-state index in [2.05, 4.69) is 9.88 Å². The second kappa shape index (κ2) is 5.82. The van der Waals surface area contributed by atoms with Gasteiger partial charge in [-0.2, -0.15) is 0 Å². The van der Waals surface area contributed by atoms with Crippen LogP contribution in [0.15, 0.2) is 18.2 Å². The van der Waals surface area contributed by atoms with E-state index in [9.17, 15) is 15.0 Å². The number of esters is 1. The van der Waals surface area contributed by atoms with Crippen LogP contribution in [-0.2, 0) is 11.8 Å². The first-order chi connectivity index (χ1) is 11.0. The van der Waals surface area contributed by atoms with Crippen molar-refractivity contribution in [3.8, 4) is 0 Å². The van der Waals surface area contributed by atoms with E-state index in [-0.39, 0.29) is 12.6 Å². The molecule has 23 heavy (non-hydrogen) atoms. The van der Waals surface area contributed by atoms with E-state index in [1.165, 1.54) is 7.11 Å². The highest BCUT2D eigenvalue weighted by Crippen LogP contribution is 2.28. The van der Waals surface area contributed by atoms with Gasteiger partial charge in [-0.15, -0.1) is 0 Å². The molecule has 0 unspecified atom stereocenters. The van der Waals surface area contributed by atoms with Gasteiger partial charge >= 0.3 is 5.97 Å². The van der Waals surface area contributed by atoms with Gasteiger partial charge in [0.15, 0.2) is 0 Å². The molecule has 1 aliphatic rings. The number of hydrogen-bond acceptors (Lipinski definition) is 6. The number of piperidine rings is 1. The number of aromatic nitrogens is 2. The molecule has 3 rings (SSSR count). The number of aliphatic hydroxyl groups excluding tert-OH is 1. The quantitative estimate of drug-likeness (QED) is 0.809. The summed E-state index contributed by atoms with van der Waals surface area (Å²) < 4.78 is 6.71. The minimum atomic E-state index is -0.987. The lowest BCUT2D eigenvalue weighted by molar-refractivity contribution is -0.0327. The lowest BCUT2D eigenvalue weighted by Crippen LogP contribution is -2.47. The molecule has 2 aromatic rings. The predicted molar refractivity (Wildman–Crippen MR) is 85.5 cm³/mol. The summed E-state index contributed by atoms with van der Waals surface area (Å²) in [4.78, 5) is 18.3. The number of nitrogens with zero attached hydrogens (tertiary/aromatic N) is 3. The zero-order valence-electron chi connectivity index (χ0n) is 13.3. The number of carbonyl (C=O) groups excluding carboxylic acids is 1. The van der Waals surface area contributed by atoms with Crippen LogP contribution in [0.2, 0.25) is 0 Å². The van der Waals surface area contributed by atoms with Crippen molar-refractivity contribution >= 4 is 23.0 Å². The third-order valence-corrected chi connectivity index (χ3v) is 4.55. The van der Waals surface area contributed by atoms with E-state index >= 15 is 0 Å². The zero-order valence-corrected chi connectivity index (χ0v) is 13.3.